The molecule has 192 valence electrons. The van der Waals surface area contributed by atoms with Crippen LogP contribution in [0.5, 0.6) is 5.75 Å². The number of carbonyl (C=O) groups excluding carboxylic acids is 2. The van der Waals surface area contributed by atoms with Gasteiger partial charge < -0.3 is 15.0 Å². The SMILES string of the molecule is COc1cccc(CN(C(=O)CN(c2cc(C)ccc2C)S(C)(=O)=O)C(C)C(=O)NCC(C)C)c1. The maximum absolute atomic E-state index is 13.6. The summed E-state index contributed by atoms with van der Waals surface area (Å²) in [6, 6.07) is 11.9. The number of benzene rings is 2. The van der Waals surface area contributed by atoms with Crippen LogP contribution in [-0.4, -0.2) is 57.6 Å². The number of ether oxygens (including phenoxy) is 1. The van der Waals surface area contributed by atoms with Crippen molar-refractivity contribution in [2.45, 2.75) is 47.2 Å². The molecule has 1 N–H and O–H groups in total. The fourth-order valence-electron chi connectivity index (χ4n) is 3.59. The smallest absolute Gasteiger partial charge is 0.244 e. The molecule has 0 bridgehead atoms. The zero-order valence-corrected chi connectivity index (χ0v) is 22.5. The van der Waals surface area contributed by atoms with Crippen LogP contribution in [0.1, 0.15) is 37.5 Å². The average Bonchev–Trinajstić information content (AvgIpc) is 2.79. The maximum atomic E-state index is 13.6. The summed E-state index contributed by atoms with van der Waals surface area (Å²) in [5, 5.41) is 2.87. The van der Waals surface area contributed by atoms with E-state index in [1.807, 2.05) is 39.0 Å². The van der Waals surface area contributed by atoms with Gasteiger partial charge in [-0.15, -0.1) is 0 Å². The lowest BCUT2D eigenvalue weighted by molar-refractivity contribution is -0.139. The molecule has 2 aromatic carbocycles. The van der Waals surface area contributed by atoms with Crippen LogP contribution in [0.2, 0.25) is 0 Å². The van der Waals surface area contributed by atoms with E-state index in [0.717, 1.165) is 27.3 Å². The Hall–Kier alpha value is -3.07. The van der Waals surface area contributed by atoms with Crippen molar-refractivity contribution in [1.82, 2.24) is 10.2 Å². The van der Waals surface area contributed by atoms with Crippen molar-refractivity contribution in [2.24, 2.45) is 5.92 Å². The minimum atomic E-state index is -3.77. The number of aryl methyl sites for hydroxylation is 2. The highest BCUT2D eigenvalue weighted by Gasteiger charge is 2.30. The number of carbonyl (C=O) groups is 2. The zero-order valence-electron chi connectivity index (χ0n) is 21.7. The molecular weight excluding hydrogens is 466 g/mol. The lowest BCUT2D eigenvalue weighted by atomic mass is 10.1. The molecule has 0 spiro atoms. The van der Waals surface area contributed by atoms with Gasteiger partial charge in [0.05, 0.1) is 19.1 Å². The molecule has 0 aliphatic carbocycles. The maximum Gasteiger partial charge on any atom is 0.244 e. The Morgan fingerprint density at radius 2 is 1.74 bits per heavy atom. The Morgan fingerprint density at radius 1 is 1.06 bits per heavy atom. The van der Waals surface area contributed by atoms with Gasteiger partial charge in [0.2, 0.25) is 21.8 Å². The highest BCUT2D eigenvalue weighted by Crippen LogP contribution is 2.25. The summed E-state index contributed by atoms with van der Waals surface area (Å²) in [6.07, 6.45) is 1.08. The van der Waals surface area contributed by atoms with Crippen LogP contribution >= 0.6 is 0 Å². The van der Waals surface area contributed by atoms with Crippen LogP contribution in [0.15, 0.2) is 42.5 Å². The van der Waals surface area contributed by atoms with Gasteiger partial charge in [0.1, 0.15) is 18.3 Å². The fourth-order valence-corrected chi connectivity index (χ4v) is 4.48. The number of hydrogen-bond donors (Lipinski definition) is 1. The molecule has 0 radical (unpaired) electrons. The largest absolute Gasteiger partial charge is 0.497 e. The number of hydrogen-bond acceptors (Lipinski definition) is 5. The molecule has 35 heavy (non-hydrogen) atoms. The number of amides is 2. The van der Waals surface area contributed by atoms with Crippen molar-refractivity contribution >= 4 is 27.5 Å². The van der Waals surface area contributed by atoms with Crippen molar-refractivity contribution in [1.29, 1.82) is 0 Å². The predicted octanol–water partition coefficient (Wildman–Crippen LogP) is 3.27. The summed E-state index contributed by atoms with van der Waals surface area (Å²) in [4.78, 5) is 27.9. The Kier molecular flexibility index (Phi) is 9.71. The molecule has 0 aromatic heterocycles. The Morgan fingerprint density at radius 3 is 2.34 bits per heavy atom. The Labute approximate surface area is 209 Å². The summed E-state index contributed by atoms with van der Waals surface area (Å²) in [6.45, 7) is 9.45. The first kappa shape index (κ1) is 28.2. The second-order valence-corrected chi connectivity index (χ2v) is 11.2. The third-order valence-corrected chi connectivity index (χ3v) is 6.78. The van der Waals surface area contributed by atoms with Gasteiger partial charge in [-0.1, -0.05) is 38.1 Å². The number of rotatable bonds is 11. The van der Waals surface area contributed by atoms with E-state index in [1.165, 1.54) is 4.90 Å². The third kappa shape index (κ3) is 7.99. The van der Waals surface area contributed by atoms with Crippen molar-refractivity contribution in [3.63, 3.8) is 0 Å². The molecule has 0 saturated carbocycles. The van der Waals surface area contributed by atoms with E-state index in [-0.39, 0.29) is 18.4 Å². The summed E-state index contributed by atoms with van der Waals surface area (Å²) in [5.74, 6) is 0.0950. The first-order valence-electron chi connectivity index (χ1n) is 11.6. The molecule has 9 heteroatoms. The van der Waals surface area contributed by atoms with Crippen LogP contribution in [0.3, 0.4) is 0 Å². The lowest BCUT2D eigenvalue weighted by Gasteiger charge is -2.32. The molecule has 0 saturated heterocycles. The topological polar surface area (TPSA) is 96.0 Å². The van der Waals surface area contributed by atoms with Crippen molar-refractivity contribution in [3.05, 3.63) is 59.2 Å². The van der Waals surface area contributed by atoms with Gasteiger partial charge in [0.15, 0.2) is 0 Å². The Balaban J connectivity index is 2.43. The number of sulfonamides is 1. The van der Waals surface area contributed by atoms with Gasteiger partial charge in [-0.3, -0.25) is 13.9 Å². The summed E-state index contributed by atoms with van der Waals surface area (Å²) in [5.41, 5.74) is 2.82. The van der Waals surface area contributed by atoms with E-state index >= 15 is 0 Å². The lowest BCUT2D eigenvalue weighted by Crippen LogP contribution is -2.51. The van der Waals surface area contributed by atoms with Crippen LogP contribution in [-0.2, 0) is 26.2 Å². The highest BCUT2D eigenvalue weighted by atomic mass is 32.2. The minimum absolute atomic E-state index is 0.122. The number of methoxy groups -OCH3 is 1. The summed E-state index contributed by atoms with van der Waals surface area (Å²) in [7, 11) is -2.22. The molecule has 8 nitrogen and oxygen atoms in total. The highest BCUT2D eigenvalue weighted by molar-refractivity contribution is 7.92. The van der Waals surface area contributed by atoms with Gasteiger partial charge in [-0.25, -0.2) is 8.42 Å². The molecule has 2 amide bonds. The van der Waals surface area contributed by atoms with E-state index in [0.29, 0.717) is 18.0 Å². The van der Waals surface area contributed by atoms with Gasteiger partial charge >= 0.3 is 0 Å². The van der Waals surface area contributed by atoms with Crippen LogP contribution in [0.4, 0.5) is 5.69 Å². The van der Waals surface area contributed by atoms with Crippen LogP contribution in [0.25, 0.3) is 0 Å². The first-order valence-corrected chi connectivity index (χ1v) is 13.4. The van der Waals surface area contributed by atoms with Crippen LogP contribution in [0, 0.1) is 19.8 Å². The quantitative estimate of drug-likeness (QED) is 0.508. The number of nitrogens with zero attached hydrogens (tertiary/aromatic N) is 2. The van der Waals surface area contributed by atoms with Gasteiger partial charge in [-0.05, 0) is 61.6 Å². The summed E-state index contributed by atoms with van der Waals surface area (Å²) < 4.78 is 31.9. The van der Waals surface area contributed by atoms with E-state index in [4.69, 9.17) is 4.74 Å². The molecule has 2 rings (SSSR count). The van der Waals surface area contributed by atoms with Gasteiger partial charge in [0.25, 0.3) is 0 Å². The molecule has 0 aliphatic heterocycles. The van der Waals surface area contributed by atoms with Crippen LogP contribution < -0.4 is 14.4 Å². The number of anilines is 1. The van der Waals surface area contributed by atoms with Gasteiger partial charge in [-0.2, -0.15) is 0 Å². The zero-order chi connectivity index (χ0) is 26.3. The van der Waals surface area contributed by atoms with E-state index in [1.54, 1.807) is 45.2 Å². The van der Waals surface area contributed by atoms with E-state index in [9.17, 15) is 18.0 Å². The van der Waals surface area contributed by atoms with E-state index in [2.05, 4.69) is 5.32 Å². The van der Waals surface area contributed by atoms with E-state index < -0.39 is 28.5 Å². The average molecular weight is 504 g/mol. The number of nitrogens with one attached hydrogen (secondary N) is 1. The second kappa shape index (κ2) is 12.1. The third-order valence-electron chi connectivity index (χ3n) is 5.65. The normalized spacial score (nSPS) is 12.2. The molecule has 1 atom stereocenters. The second-order valence-electron chi connectivity index (χ2n) is 9.25. The monoisotopic (exact) mass is 503 g/mol. The van der Waals surface area contributed by atoms with Crippen molar-refractivity contribution in [3.8, 4) is 5.75 Å². The molecule has 0 fully saturated rings. The Bertz CT molecular complexity index is 1150. The predicted molar refractivity (Wildman–Crippen MR) is 139 cm³/mol. The fraction of sp³-hybridized carbons (Fsp3) is 0.462. The standard InChI is InChI=1S/C26H37N3O5S/c1-18(2)15-27-26(31)21(5)28(16-22-9-8-10-23(14-22)34-6)25(30)17-29(35(7,32)33)24-13-19(3)11-12-20(24)4/h8-14,18,21H,15-17H2,1-7H3,(H,27,31). The molecule has 1 unspecified atom stereocenters. The van der Waals surface area contributed by atoms with Crippen molar-refractivity contribution < 1.29 is 22.7 Å². The minimum Gasteiger partial charge on any atom is -0.497 e. The molecule has 2 aromatic rings. The molecular formula is C26H37N3O5S. The van der Waals surface area contributed by atoms with Gasteiger partial charge in [0, 0.05) is 13.1 Å². The molecule has 0 aliphatic rings. The summed E-state index contributed by atoms with van der Waals surface area (Å²) >= 11 is 0. The van der Waals surface area contributed by atoms with Crippen molar-refractivity contribution in [2.75, 3.05) is 30.8 Å². The first-order chi connectivity index (χ1) is 16.3. The molecule has 0 heterocycles.